The van der Waals surface area contributed by atoms with Crippen molar-refractivity contribution in [3.63, 3.8) is 0 Å². The molecule has 1 aromatic rings. The van der Waals surface area contributed by atoms with Crippen molar-refractivity contribution in [2.24, 2.45) is 0 Å². The van der Waals surface area contributed by atoms with Gasteiger partial charge in [0, 0.05) is 36.1 Å². The van der Waals surface area contributed by atoms with Crippen molar-refractivity contribution >= 4 is 35.8 Å². The highest BCUT2D eigenvalue weighted by atomic mass is 35.5. The van der Waals surface area contributed by atoms with Gasteiger partial charge in [0.05, 0.1) is 0 Å². The van der Waals surface area contributed by atoms with Crippen molar-refractivity contribution in [2.45, 2.75) is 25.3 Å². The van der Waals surface area contributed by atoms with Gasteiger partial charge in [0.15, 0.2) is 0 Å². The molecule has 122 valence electrons. The van der Waals surface area contributed by atoms with Gasteiger partial charge >= 0.3 is 0 Å². The van der Waals surface area contributed by atoms with E-state index in [1.807, 2.05) is 0 Å². The average Bonchev–Trinajstić information content (AvgIpc) is 2.97. The highest BCUT2D eigenvalue weighted by Crippen LogP contribution is 2.09. The van der Waals surface area contributed by atoms with Gasteiger partial charge in [0.2, 0.25) is 5.91 Å². The molecule has 0 aromatic heterocycles. The van der Waals surface area contributed by atoms with Crippen LogP contribution in [0.3, 0.4) is 0 Å². The molecule has 22 heavy (non-hydrogen) atoms. The fraction of sp³-hybridized carbons (Fsp3) is 0.467. The molecule has 1 unspecified atom stereocenters. The van der Waals surface area contributed by atoms with E-state index in [0.717, 1.165) is 19.5 Å². The molecule has 5 nitrogen and oxygen atoms in total. The van der Waals surface area contributed by atoms with Crippen LogP contribution < -0.4 is 16.0 Å². The van der Waals surface area contributed by atoms with E-state index in [1.54, 1.807) is 24.3 Å². The molecule has 1 saturated heterocycles. The van der Waals surface area contributed by atoms with Gasteiger partial charge in [-0.3, -0.25) is 9.59 Å². The van der Waals surface area contributed by atoms with E-state index < -0.39 is 0 Å². The van der Waals surface area contributed by atoms with Crippen LogP contribution in [0.5, 0.6) is 0 Å². The summed E-state index contributed by atoms with van der Waals surface area (Å²) >= 11 is 5.77. The third-order valence-corrected chi connectivity index (χ3v) is 3.65. The van der Waals surface area contributed by atoms with Crippen LogP contribution >= 0.6 is 24.0 Å². The Labute approximate surface area is 141 Å². The van der Waals surface area contributed by atoms with E-state index in [9.17, 15) is 9.59 Å². The van der Waals surface area contributed by atoms with Crippen LogP contribution in [0, 0.1) is 0 Å². The van der Waals surface area contributed by atoms with E-state index in [4.69, 9.17) is 11.6 Å². The number of halogens is 2. The first-order valence-electron chi connectivity index (χ1n) is 7.19. The lowest BCUT2D eigenvalue weighted by atomic mass is 10.2. The Morgan fingerprint density at radius 1 is 1.27 bits per heavy atom. The Bertz CT molecular complexity index is 488. The molecule has 1 aliphatic heterocycles. The second-order valence-electron chi connectivity index (χ2n) is 5.12. The molecule has 0 saturated carbocycles. The van der Waals surface area contributed by atoms with Crippen molar-refractivity contribution in [3.8, 4) is 0 Å². The first-order chi connectivity index (χ1) is 10.1. The zero-order valence-electron chi connectivity index (χ0n) is 12.2. The smallest absolute Gasteiger partial charge is 0.251 e. The number of nitrogens with one attached hydrogen (secondary N) is 3. The summed E-state index contributed by atoms with van der Waals surface area (Å²) in [6, 6.07) is 6.97. The van der Waals surface area contributed by atoms with Gasteiger partial charge in [0.1, 0.15) is 0 Å². The number of benzene rings is 1. The van der Waals surface area contributed by atoms with Gasteiger partial charge < -0.3 is 16.0 Å². The van der Waals surface area contributed by atoms with Crippen LogP contribution in [-0.2, 0) is 4.79 Å². The maximum absolute atomic E-state index is 11.8. The predicted molar refractivity (Wildman–Crippen MR) is 89.7 cm³/mol. The van der Waals surface area contributed by atoms with Crippen molar-refractivity contribution in [1.29, 1.82) is 0 Å². The lowest BCUT2D eigenvalue weighted by Crippen LogP contribution is -2.36. The van der Waals surface area contributed by atoms with Gasteiger partial charge in [0.25, 0.3) is 5.91 Å². The summed E-state index contributed by atoms with van der Waals surface area (Å²) < 4.78 is 0. The minimum absolute atomic E-state index is 0. The SMILES string of the molecule is Cl.O=C(CCCNC(=O)c1ccc(Cl)cc1)NC1CCNC1. The number of hydrogen-bond donors (Lipinski definition) is 3. The van der Waals surface area contributed by atoms with Crippen LogP contribution in [0.2, 0.25) is 5.02 Å². The molecular weight excluding hydrogens is 325 g/mol. The Kier molecular flexibility index (Phi) is 8.24. The van der Waals surface area contributed by atoms with Crippen molar-refractivity contribution in [1.82, 2.24) is 16.0 Å². The molecule has 0 bridgehead atoms. The zero-order chi connectivity index (χ0) is 15.1. The topological polar surface area (TPSA) is 70.2 Å². The summed E-state index contributed by atoms with van der Waals surface area (Å²) in [4.78, 5) is 23.5. The molecule has 1 fully saturated rings. The third-order valence-electron chi connectivity index (χ3n) is 3.40. The molecule has 0 aliphatic carbocycles. The standard InChI is InChI=1S/C15H20ClN3O2.ClH/c16-12-5-3-11(4-6-12)15(21)18-8-1-2-14(20)19-13-7-9-17-10-13;/h3-6,13,17H,1-2,7-10H2,(H,18,21)(H,19,20);1H. The monoisotopic (exact) mass is 345 g/mol. The lowest BCUT2D eigenvalue weighted by molar-refractivity contribution is -0.121. The molecular formula is C15H21Cl2N3O2. The summed E-state index contributed by atoms with van der Waals surface area (Å²) in [5, 5.41) is 9.57. The van der Waals surface area contributed by atoms with E-state index in [2.05, 4.69) is 16.0 Å². The van der Waals surface area contributed by atoms with Gasteiger partial charge in [-0.1, -0.05) is 11.6 Å². The summed E-state index contributed by atoms with van der Waals surface area (Å²) in [5.74, 6) is -0.100. The largest absolute Gasteiger partial charge is 0.352 e. The molecule has 3 N–H and O–H groups in total. The van der Waals surface area contributed by atoms with Crippen LogP contribution in [0.25, 0.3) is 0 Å². The summed E-state index contributed by atoms with van der Waals surface area (Å²) in [5.41, 5.74) is 0.570. The Morgan fingerprint density at radius 2 is 2.00 bits per heavy atom. The lowest BCUT2D eigenvalue weighted by Gasteiger charge is -2.11. The highest BCUT2D eigenvalue weighted by molar-refractivity contribution is 6.30. The molecule has 1 heterocycles. The van der Waals surface area contributed by atoms with Crippen molar-refractivity contribution < 1.29 is 9.59 Å². The van der Waals surface area contributed by atoms with Crippen LogP contribution in [0.15, 0.2) is 24.3 Å². The molecule has 7 heteroatoms. The summed E-state index contributed by atoms with van der Waals surface area (Å²) in [7, 11) is 0. The summed E-state index contributed by atoms with van der Waals surface area (Å²) in [6.45, 7) is 2.29. The maximum atomic E-state index is 11.8. The number of rotatable bonds is 6. The molecule has 1 aromatic carbocycles. The van der Waals surface area contributed by atoms with E-state index in [0.29, 0.717) is 30.0 Å². The highest BCUT2D eigenvalue weighted by Gasteiger charge is 2.16. The van der Waals surface area contributed by atoms with Crippen molar-refractivity contribution in [3.05, 3.63) is 34.9 Å². The van der Waals surface area contributed by atoms with Gasteiger partial charge in [-0.2, -0.15) is 0 Å². The zero-order valence-corrected chi connectivity index (χ0v) is 13.8. The fourth-order valence-electron chi connectivity index (χ4n) is 2.23. The normalized spacial score (nSPS) is 16.7. The first kappa shape index (κ1) is 18.7. The minimum Gasteiger partial charge on any atom is -0.352 e. The van der Waals surface area contributed by atoms with E-state index in [-0.39, 0.29) is 30.3 Å². The van der Waals surface area contributed by atoms with Crippen LogP contribution in [0.1, 0.15) is 29.6 Å². The Morgan fingerprint density at radius 3 is 2.64 bits per heavy atom. The predicted octanol–water partition coefficient (Wildman–Crippen LogP) is 1.75. The Hall–Kier alpha value is -1.30. The number of amides is 2. The van der Waals surface area contributed by atoms with Gasteiger partial charge in [-0.05, 0) is 43.7 Å². The molecule has 1 aliphatic rings. The number of hydrogen-bond acceptors (Lipinski definition) is 3. The number of carbonyl (C=O) groups is 2. The second kappa shape index (κ2) is 9.66. The molecule has 0 spiro atoms. The number of carbonyl (C=O) groups excluding carboxylic acids is 2. The molecule has 2 rings (SSSR count). The quantitative estimate of drug-likeness (QED) is 0.688. The molecule has 0 radical (unpaired) electrons. The van der Waals surface area contributed by atoms with Gasteiger partial charge in [-0.25, -0.2) is 0 Å². The average molecular weight is 346 g/mol. The first-order valence-corrected chi connectivity index (χ1v) is 7.57. The molecule has 2 amide bonds. The van der Waals surface area contributed by atoms with Crippen LogP contribution in [-0.4, -0.2) is 37.5 Å². The minimum atomic E-state index is -0.146. The fourth-order valence-corrected chi connectivity index (χ4v) is 2.36. The molecule has 1 atom stereocenters. The van der Waals surface area contributed by atoms with Crippen LogP contribution in [0.4, 0.5) is 0 Å². The maximum Gasteiger partial charge on any atom is 0.251 e. The third kappa shape index (κ3) is 6.22. The van der Waals surface area contributed by atoms with E-state index in [1.165, 1.54) is 0 Å². The second-order valence-corrected chi connectivity index (χ2v) is 5.56. The van der Waals surface area contributed by atoms with Gasteiger partial charge in [-0.15, -0.1) is 12.4 Å². The summed E-state index contributed by atoms with van der Waals surface area (Å²) in [6.07, 6.45) is 2.04. The van der Waals surface area contributed by atoms with Crippen molar-refractivity contribution in [2.75, 3.05) is 19.6 Å². The van der Waals surface area contributed by atoms with E-state index >= 15 is 0 Å². The Balaban J connectivity index is 0.00000242.